The van der Waals surface area contributed by atoms with Gasteiger partial charge in [0.1, 0.15) is 5.69 Å². The van der Waals surface area contributed by atoms with Crippen molar-refractivity contribution in [3.8, 4) is 0 Å². The summed E-state index contributed by atoms with van der Waals surface area (Å²) in [6.07, 6.45) is 0. The van der Waals surface area contributed by atoms with Gasteiger partial charge in [0.2, 0.25) is 0 Å². The van der Waals surface area contributed by atoms with Crippen LogP contribution in [0.4, 0.5) is 5.69 Å². The highest BCUT2D eigenvalue weighted by Gasteiger charge is 2.25. The number of aryl methyl sites for hydroxylation is 2. The van der Waals surface area contributed by atoms with Crippen molar-refractivity contribution >= 4 is 44.7 Å². The molecule has 0 aliphatic carbocycles. The molecule has 1 saturated heterocycles. The lowest BCUT2D eigenvalue weighted by molar-refractivity contribution is 0.0737. The molecule has 2 aromatic heterocycles. The molecule has 3 aromatic rings. The van der Waals surface area contributed by atoms with Gasteiger partial charge in [-0.05, 0) is 43.2 Å². The monoisotopic (exact) mass is 387 g/mol. The van der Waals surface area contributed by atoms with Gasteiger partial charge < -0.3 is 14.4 Å². The molecule has 3 heterocycles. The second-order valence-electron chi connectivity index (χ2n) is 6.89. The van der Waals surface area contributed by atoms with Gasteiger partial charge in [-0.3, -0.25) is 4.79 Å². The Morgan fingerprint density at radius 1 is 1.12 bits per heavy atom. The summed E-state index contributed by atoms with van der Waals surface area (Å²) >= 11 is 7.60. The largest absolute Gasteiger partial charge is 0.368 e. The summed E-state index contributed by atoms with van der Waals surface area (Å²) < 4.78 is 3.78. The second kappa shape index (κ2) is 6.63. The molecule has 1 aromatic carbocycles. The van der Waals surface area contributed by atoms with Gasteiger partial charge in [0.05, 0.1) is 14.6 Å². The van der Waals surface area contributed by atoms with E-state index in [1.807, 2.05) is 28.6 Å². The number of hydrogen-bond acceptors (Lipinski definition) is 3. The van der Waals surface area contributed by atoms with Gasteiger partial charge in [-0.1, -0.05) is 23.7 Å². The first-order chi connectivity index (χ1) is 12.5. The molecule has 0 saturated carbocycles. The minimum Gasteiger partial charge on any atom is -0.368 e. The van der Waals surface area contributed by atoms with E-state index in [-0.39, 0.29) is 5.91 Å². The van der Waals surface area contributed by atoms with Crippen LogP contribution in [0.5, 0.6) is 0 Å². The number of fused-ring (bicyclic) bond motifs is 1. The molecule has 26 heavy (non-hydrogen) atoms. The first-order valence-electron chi connectivity index (χ1n) is 8.81. The smallest absolute Gasteiger partial charge is 0.270 e. The summed E-state index contributed by atoms with van der Waals surface area (Å²) in [6.45, 7) is 7.52. The lowest BCUT2D eigenvalue weighted by Gasteiger charge is -2.37. The van der Waals surface area contributed by atoms with E-state index in [9.17, 15) is 4.79 Å². The Hall–Kier alpha value is -1.98. The molecule has 1 aliphatic heterocycles. The number of halogens is 1. The minimum absolute atomic E-state index is 0.104. The van der Waals surface area contributed by atoms with Crippen LogP contribution in [0.15, 0.2) is 30.3 Å². The minimum atomic E-state index is 0.104. The van der Waals surface area contributed by atoms with Crippen molar-refractivity contribution in [3.05, 3.63) is 51.5 Å². The molecule has 0 bridgehead atoms. The van der Waals surface area contributed by atoms with Gasteiger partial charge in [-0.2, -0.15) is 0 Å². The summed E-state index contributed by atoms with van der Waals surface area (Å²) in [5.41, 5.74) is 5.68. The van der Waals surface area contributed by atoms with E-state index in [2.05, 4.69) is 36.9 Å². The fourth-order valence-corrected chi connectivity index (χ4v) is 4.88. The number of nitrogens with zero attached hydrogens (tertiary/aromatic N) is 3. The Morgan fingerprint density at radius 2 is 1.85 bits per heavy atom. The first-order valence-corrected chi connectivity index (χ1v) is 10.0. The van der Waals surface area contributed by atoms with Crippen molar-refractivity contribution in [2.45, 2.75) is 13.8 Å². The van der Waals surface area contributed by atoms with E-state index in [4.69, 9.17) is 11.6 Å². The maximum Gasteiger partial charge on any atom is 0.270 e. The number of carbonyl (C=O) groups is 1. The van der Waals surface area contributed by atoms with Gasteiger partial charge >= 0.3 is 0 Å². The fourth-order valence-electron chi connectivity index (χ4n) is 3.68. The van der Waals surface area contributed by atoms with Crippen LogP contribution < -0.4 is 4.90 Å². The number of piperazine rings is 1. The third-order valence-electron chi connectivity index (χ3n) is 5.40. The lowest BCUT2D eigenvalue weighted by Crippen LogP contribution is -2.49. The molecule has 1 aliphatic rings. The summed E-state index contributed by atoms with van der Waals surface area (Å²) in [4.78, 5) is 17.3. The number of amides is 1. The number of aromatic nitrogens is 1. The van der Waals surface area contributed by atoms with E-state index in [1.54, 1.807) is 0 Å². The van der Waals surface area contributed by atoms with Gasteiger partial charge in [-0.25, -0.2) is 0 Å². The summed E-state index contributed by atoms with van der Waals surface area (Å²) in [6, 6.07) is 10.3. The van der Waals surface area contributed by atoms with Gasteiger partial charge in [0.15, 0.2) is 0 Å². The zero-order valence-corrected chi connectivity index (χ0v) is 16.8. The Morgan fingerprint density at radius 3 is 2.54 bits per heavy atom. The van der Waals surface area contributed by atoms with E-state index < -0.39 is 0 Å². The second-order valence-corrected chi connectivity index (χ2v) is 8.60. The first kappa shape index (κ1) is 17.4. The number of carbonyl (C=O) groups excluding carboxylic acids is 1. The zero-order chi connectivity index (χ0) is 18.4. The lowest BCUT2D eigenvalue weighted by atomic mass is 10.1. The topological polar surface area (TPSA) is 28.5 Å². The van der Waals surface area contributed by atoms with Crippen molar-refractivity contribution < 1.29 is 4.79 Å². The molecule has 1 fully saturated rings. The van der Waals surface area contributed by atoms with Crippen molar-refractivity contribution in [2.24, 2.45) is 7.05 Å². The van der Waals surface area contributed by atoms with Crippen LogP contribution in [0.3, 0.4) is 0 Å². The van der Waals surface area contributed by atoms with E-state index in [1.165, 1.54) is 28.2 Å². The average Bonchev–Trinajstić information content (AvgIpc) is 3.14. The molecule has 136 valence electrons. The number of rotatable bonds is 2. The van der Waals surface area contributed by atoms with Gasteiger partial charge in [-0.15, -0.1) is 11.3 Å². The Bertz CT molecular complexity index is 983. The zero-order valence-electron chi connectivity index (χ0n) is 15.3. The molecular formula is C20H22ClN3OS. The van der Waals surface area contributed by atoms with Crippen molar-refractivity contribution in [2.75, 3.05) is 31.1 Å². The van der Waals surface area contributed by atoms with Crippen LogP contribution in [-0.2, 0) is 7.05 Å². The van der Waals surface area contributed by atoms with E-state index >= 15 is 0 Å². The fraction of sp³-hybridized carbons (Fsp3) is 0.350. The molecule has 4 nitrogen and oxygen atoms in total. The Labute approximate surface area is 162 Å². The molecule has 6 heteroatoms. The predicted octanol–water partition coefficient (Wildman–Crippen LogP) is 4.47. The van der Waals surface area contributed by atoms with Gasteiger partial charge in [0, 0.05) is 38.9 Å². The summed E-state index contributed by atoms with van der Waals surface area (Å²) in [7, 11) is 1.94. The standard InChI is InChI=1S/C20H22ClN3OS/c1-13-5-4-6-15(14(13)2)23-7-9-24(10-8-23)20(25)17-11-18-16(22(17)3)12-19(21)26-18/h4-6,11-12H,7-10H2,1-3H3. The van der Waals surface area contributed by atoms with Crippen molar-refractivity contribution in [3.63, 3.8) is 0 Å². The predicted molar refractivity (Wildman–Crippen MR) is 110 cm³/mol. The van der Waals surface area contributed by atoms with Gasteiger partial charge in [0.25, 0.3) is 5.91 Å². The van der Waals surface area contributed by atoms with Crippen LogP contribution in [0.2, 0.25) is 4.34 Å². The molecule has 0 spiro atoms. The normalized spacial score (nSPS) is 15.1. The number of anilines is 1. The van der Waals surface area contributed by atoms with Crippen molar-refractivity contribution in [1.29, 1.82) is 0 Å². The van der Waals surface area contributed by atoms with Crippen LogP contribution in [0, 0.1) is 13.8 Å². The number of thiophene rings is 1. The highest BCUT2D eigenvalue weighted by molar-refractivity contribution is 7.22. The van der Waals surface area contributed by atoms with Crippen LogP contribution >= 0.6 is 22.9 Å². The summed E-state index contributed by atoms with van der Waals surface area (Å²) in [5, 5.41) is 0. The quantitative estimate of drug-likeness (QED) is 0.648. The van der Waals surface area contributed by atoms with Crippen molar-refractivity contribution in [1.82, 2.24) is 9.47 Å². The third kappa shape index (κ3) is 2.89. The summed E-state index contributed by atoms with van der Waals surface area (Å²) in [5.74, 6) is 0.104. The Balaban J connectivity index is 1.50. The highest BCUT2D eigenvalue weighted by atomic mass is 35.5. The maximum atomic E-state index is 13.0. The SMILES string of the molecule is Cc1cccc(N2CCN(C(=O)c3cc4sc(Cl)cc4n3C)CC2)c1C. The number of hydrogen-bond donors (Lipinski definition) is 0. The molecule has 0 atom stereocenters. The van der Waals surface area contributed by atoms with Crippen LogP contribution in [0.25, 0.3) is 10.2 Å². The maximum absolute atomic E-state index is 13.0. The highest BCUT2D eigenvalue weighted by Crippen LogP contribution is 2.32. The third-order valence-corrected chi connectivity index (χ3v) is 6.60. The van der Waals surface area contributed by atoms with Crippen LogP contribution in [-0.4, -0.2) is 41.6 Å². The molecule has 0 unspecified atom stereocenters. The number of benzene rings is 1. The molecule has 1 amide bonds. The average molecular weight is 388 g/mol. The molecule has 4 rings (SSSR count). The van der Waals surface area contributed by atoms with E-state index in [0.717, 1.165) is 46.4 Å². The molecule has 0 N–H and O–H groups in total. The van der Waals surface area contributed by atoms with E-state index in [0.29, 0.717) is 0 Å². The molecule has 0 radical (unpaired) electrons. The Kier molecular flexibility index (Phi) is 4.45. The molecular weight excluding hydrogens is 366 g/mol. The van der Waals surface area contributed by atoms with Crippen LogP contribution in [0.1, 0.15) is 21.6 Å².